The van der Waals surface area contributed by atoms with Crippen molar-refractivity contribution in [1.29, 1.82) is 0 Å². The molecule has 5 heteroatoms. The molecule has 4 rings (SSSR count). The Kier molecular flexibility index (Phi) is 4.68. The number of nitrogens with one attached hydrogen (secondary N) is 1. The number of hydrogen-bond acceptors (Lipinski definition) is 3. The molecule has 2 aromatic heterocycles. The summed E-state index contributed by atoms with van der Waals surface area (Å²) >= 11 is 1.56. The quantitative estimate of drug-likeness (QED) is 0.404. The minimum atomic E-state index is -0.233. The van der Waals surface area contributed by atoms with E-state index in [1.165, 1.54) is 4.57 Å². The van der Waals surface area contributed by atoms with E-state index in [0.29, 0.717) is 11.3 Å². The number of aromatic amines is 1. The van der Waals surface area contributed by atoms with Gasteiger partial charge in [-0.2, -0.15) is 0 Å². The number of rotatable bonds is 5. The number of thiophene rings is 1. The second-order valence-corrected chi connectivity index (χ2v) is 6.93. The maximum absolute atomic E-state index is 12.5. The number of carbonyl (C=O) groups is 1. The van der Waals surface area contributed by atoms with Gasteiger partial charge in [0.25, 0.3) is 0 Å². The van der Waals surface area contributed by atoms with Crippen molar-refractivity contribution < 1.29 is 4.79 Å². The van der Waals surface area contributed by atoms with E-state index in [9.17, 15) is 9.59 Å². The van der Waals surface area contributed by atoms with Crippen molar-refractivity contribution in [2.75, 3.05) is 0 Å². The average Bonchev–Trinajstić information content (AvgIpc) is 3.37. The highest BCUT2D eigenvalue weighted by atomic mass is 32.1. The number of aromatic nitrogens is 2. The van der Waals surface area contributed by atoms with E-state index in [2.05, 4.69) is 4.98 Å². The van der Waals surface area contributed by atoms with Crippen LogP contribution in [0.1, 0.15) is 15.9 Å². The molecule has 0 unspecified atom stereocenters. The molecule has 27 heavy (non-hydrogen) atoms. The molecular weight excluding hydrogens is 356 g/mol. The molecule has 0 radical (unpaired) electrons. The number of nitrogens with zero attached hydrogens (tertiary/aromatic N) is 1. The molecule has 0 spiro atoms. The van der Waals surface area contributed by atoms with E-state index < -0.39 is 0 Å². The van der Waals surface area contributed by atoms with Crippen LogP contribution in [0.5, 0.6) is 0 Å². The molecule has 0 aliphatic heterocycles. The van der Waals surface area contributed by atoms with Gasteiger partial charge in [-0.05, 0) is 35.2 Å². The van der Waals surface area contributed by atoms with Crippen molar-refractivity contribution in [2.24, 2.45) is 0 Å². The van der Waals surface area contributed by atoms with Crippen LogP contribution in [0.4, 0.5) is 0 Å². The molecule has 0 aliphatic rings. The lowest BCUT2D eigenvalue weighted by Gasteiger charge is -2.03. The van der Waals surface area contributed by atoms with Gasteiger partial charge >= 0.3 is 5.69 Å². The Morgan fingerprint density at radius 1 is 1.00 bits per heavy atom. The molecule has 0 fully saturated rings. The smallest absolute Gasteiger partial charge is 0.305 e. The molecule has 1 N–H and O–H groups in total. The van der Waals surface area contributed by atoms with Gasteiger partial charge in [0.15, 0.2) is 5.78 Å². The van der Waals surface area contributed by atoms with Gasteiger partial charge in [0.05, 0.1) is 16.3 Å². The van der Waals surface area contributed by atoms with Crippen LogP contribution in [-0.2, 0) is 0 Å². The van der Waals surface area contributed by atoms with Crippen LogP contribution >= 0.6 is 11.3 Å². The van der Waals surface area contributed by atoms with Crippen LogP contribution < -0.4 is 5.69 Å². The number of H-pyrrole nitrogens is 1. The monoisotopic (exact) mass is 372 g/mol. The van der Waals surface area contributed by atoms with E-state index in [1.807, 2.05) is 53.9 Å². The Labute approximate surface area is 160 Å². The van der Waals surface area contributed by atoms with E-state index >= 15 is 0 Å². The standard InChI is InChI=1S/C22H16N2O2S/c25-20(12-11-16-6-2-1-3-7-16)17-8-4-9-18(14-17)24-15-19(23-22(24)26)21-10-5-13-27-21/h1-15H,(H,23,26)/b12-11+. The summed E-state index contributed by atoms with van der Waals surface area (Å²) < 4.78 is 1.52. The molecule has 2 heterocycles. The summed E-state index contributed by atoms with van der Waals surface area (Å²) in [7, 11) is 0. The molecule has 0 saturated heterocycles. The van der Waals surface area contributed by atoms with E-state index in [-0.39, 0.29) is 11.5 Å². The normalized spacial score (nSPS) is 11.1. The minimum Gasteiger partial charge on any atom is -0.305 e. The molecular formula is C22H16N2O2S. The van der Waals surface area contributed by atoms with Crippen molar-refractivity contribution in [3.8, 4) is 16.3 Å². The lowest BCUT2D eigenvalue weighted by Crippen LogP contribution is -2.14. The van der Waals surface area contributed by atoms with Gasteiger partial charge in [-0.1, -0.05) is 54.6 Å². The van der Waals surface area contributed by atoms with E-state index in [0.717, 1.165) is 16.1 Å². The van der Waals surface area contributed by atoms with Crippen molar-refractivity contribution in [3.63, 3.8) is 0 Å². The van der Waals surface area contributed by atoms with Crippen LogP contribution in [0, 0.1) is 0 Å². The summed E-state index contributed by atoms with van der Waals surface area (Å²) in [4.78, 5) is 28.7. The molecule has 2 aromatic carbocycles. The number of carbonyl (C=O) groups excluding carboxylic acids is 1. The van der Waals surface area contributed by atoms with Crippen molar-refractivity contribution in [1.82, 2.24) is 9.55 Å². The Morgan fingerprint density at radius 2 is 1.85 bits per heavy atom. The van der Waals surface area contributed by atoms with Gasteiger partial charge in [-0.3, -0.25) is 9.36 Å². The summed E-state index contributed by atoms with van der Waals surface area (Å²) in [5.41, 5.74) is 2.67. The molecule has 0 aliphatic carbocycles. The Morgan fingerprint density at radius 3 is 2.63 bits per heavy atom. The van der Waals surface area contributed by atoms with Crippen molar-refractivity contribution in [3.05, 3.63) is 106 Å². The fourth-order valence-electron chi connectivity index (χ4n) is 2.79. The number of ketones is 1. The van der Waals surface area contributed by atoms with Crippen LogP contribution in [0.25, 0.3) is 22.3 Å². The lowest BCUT2D eigenvalue weighted by atomic mass is 10.1. The first-order valence-corrected chi connectivity index (χ1v) is 9.32. The fourth-order valence-corrected chi connectivity index (χ4v) is 3.48. The Bertz CT molecular complexity index is 1150. The Hall–Kier alpha value is -3.44. The van der Waals surface area contributed by atoms with Gasteiger partial charge in [-0.25, -0.2) is 4.79 Å². The van der Waals surface area contributed by atoms with Crippen LogP contribution in [0.2, 0.25) is 0 Å². The third-order valence-corrected chi connectivity index (χ3v) is 5.04. The number of allylic oxidation sites excluding steroid dienone is 1. The zero-order valence-electron chi connectivity index (χ0n) is 14.3. The molecule has 0 saturated carbocycles. The summed E-state index contributed by atoms with van der Waals surface area (Å²) in [5, 5.41) is 1.96. The predicted molar refractivity (Wildman–Crippen MR) is 110 cm³/mol. The topological polar surface area (TPSA) is 54.9 Å². The number of benzene rings is 2. The van der Waals surface area contributed by atoms with Gasteiger partial charge < -0.3 is 4.98 Å². The largest absolute Gasteiger partial charge is 0.330 e. The third kappa shape index (κ3) is 3.73. The molecule has 0 atom stereocenters. The van der Waals surface area contributed by atoms with Gasteiger partial charge in [-0.15, -0.1) is 11.3 Å². The molecule has 4 nitrogen and oxygen atoms in total. The zero-order valence-corrected chi connectivity index (χ0v) is 15.1. The fraction of sp³-hybridized carbons (Fsp3) is 0. The maximum atomic E-state index is 12.5. The van der Waals surface area contributed by atoms with E-state index in [1.54, 1.807) is 47.9 Å². The summed E-state index contributed by atoms with van der Waals surface area (Å²) in [6, 6.07) is 20.6. The molecule has 4 aromatic rings. The number of hydrogen-bond donors (Lipinski definition) is 1. The highest BCUT2D eigenvalue weighted by Crippen LogP contribution is 2.22. The molecule has 132 valence electrons. The maximum Gasteiger partial charge on any atom is 0.330 e. The summed E-state index contributed by atoms with van der Waals surface area (Å²) in [6.07, 6.45) is 5.09. The van der Waals surface area contributed by atoms with Gasteiger partial charge in [0, 0.05) is 11.8 Å². The highest BCUT2D eigenvalue weighted by molar-refractivity contribution is 7.13. The molecule has 0 amide bonds. The van der Waals surface area contributed by atoms with Gasteiger partial charge in [0.1, 0.15) is 0 Å². The number of imidazole rings is 1. The third-order valence-electron chi connectivity index (χ3n) is 4.14. The zero-order chi connectivity index (χ0) is 18.6. The molecule has 0 bridgehead atoms. The van der Waals surface area contributed by atoms with Crippen LogP contribution in [0.3, 0.4) is 0 Å². The van der Waals surface area contributed by atoms with Crippen molar-refractivity contribution >= 4 is 23.2 Å². The second-order valence-electron chi connectivity index (χ2n) is 5.98. The van der Waals surface area contributed by atoms with Crippen LogP contribution in [-0.4, -0.2) is 15.3 Å². The van der Waals surface area contributed by atoms with Crippen molar-refractivity contribution in [2.45, 2.75) is 0 Å². The first-order chi connectivity index (χ1) is 13.2. The highest BCUT2D eigenvalue weighted by Gasteiger charge is 2.10. The Balaban J connectivity index is 1.62. The minimum absolute atomic E-state index is 0.109. The van der Waals surface area contributed by atoms with Crippen LogP contribution in [0.15, 0.2) is 89.2 Å². The average molecular weight is 372 g/mol. The van der Waals surface area contributed by atoms with Gasteiger partial charge in [0.2, 0.25) is 0 Å². The van der Waals surface area contributed by atoms with E-state index in [4.69, 9.17) is 0 Å². The predicted octanol–water partition coefficient (Wildman–Crippen LogP) is 4.79. The SMILES string of the molecule is O=C(/C=C/c1ccccc1)c1cccc(-n2cc(-c3cccs3)[nH]c2=O)c1. The first kappa shape index (κ1) is 17.0. The second kappa shape index (κ2) is 7.43. The summed E-state index contributed by atoms with van der Waals surface area (Å²) in [6.45, 7) is 0. The summed E-state index contributed by atoms with van der Waals surface area (Å²) in [5.74, 6) is -0.109. The first-order valence-electron chi connectivity index (χ1n) is 8.44. The lowest BCUT2D eigenvalue weighted by molar-refractivity contribution is 0.104.